The Morgan fingerprint density at radius 3 is 3.03 bits per heavy atom. The van der Waals surface area contributed by atoms with Gasteiger partial charge in [0.15, 0.2) is 5.82 Å². The molecule has 3 aromatic rings. The van der Waals surface area contributed by atoms with Gasteiger partial charge in [-0.15, -0.1) is 0 Å². The van der Waals surface area contributed by atoms with E-state index < -0.39 is 0 Å². The molecule has 1 aliphatic rings. The minimum atomic E-state index is -0.194. The van der Waals surface area contributed by atoms with E-state index in [4.69, 9.17) is 9.26 Å². The maximum Gasteiger partial charge on any atom is 0.233 e. The standard InChI is InChI=1S/C22H25N5O3/c1-13(2)18-6-7-23-12-20(18)29-16-5-4-15(9-16)19-11-21(26-25-19)24-22(28)10-17-8-14(3)27-30-17/h6-8,11-12,15-16H,1,4-5,9-10H2,2-3H3,(H2,24,25,26,28)/t15-,16+/m1/s1. The molecule has 4 rings (SSSR count). The molecular weight excluding hydrogens is 382 g/mol. The van der Waals surface area contributed by atoms with Crippen molar-refractivity contribution in [1.82, 2.24) is 20.3 Å². The first-order chi connectivity index (χ1) is 14.5. The number of rotatable bonds is 7. The second-order valence-corrected chi connectivity index (χ2v) is 7.77. The summed E-state index contributed by atoms with van der Waals surface area (Å²) in [5, 5.41) is 13.9. The third kappa shape index (κ3) is 4.59. The van der Waals surface area contributed by atoms with Crippen LogP contribution >= 0.6 is 0 Å². The first-order valence-corrected chi connectivity index (χ1v) is 10.0. The molecule has 156 valence electrons. The van der Waals surface area contributed by atoms with Crippen LogP contribution in [0.5, 0.6) is 5.75 Å². The molecule has 0 unspecified atom stereocenters. The molecule has 30 heavy (non-hydrogen) atoms. The lowest BCUT2D eigenvalue weighted by atomic mass is 10.0. The maximum atomic E-state index is 12.2. The van der Waals surface area contributed by atoms with Gasteiger partial charge in [0.05, 0.1) is 24.4 Å². The van der Waals surface area contributed by atoms with Crippen LogP contribution in [0.25, 0.3) is 5.57 Å². The van der Waals surface area contributed by atoms with Crippen LogP contribution < -0.4 is 10.1 Å². The zero-order chi connectivity index (χ0) is 21.1. The topological polar surface area (TPSA) is 106 Å². The van der Waals surface area contributed by atoms with Gasteiger partial charge in [0.2, 0.25) is 5.91 Å². The van der Waals surface area contributed by atoms with Crippen molar-refractivity contribution in [3.05, 3.63) is 59.9 Å². The number of nitrogens with zero attached hydrogens (tertiary/aromatic N) is 3. The van der Waals surface area contributed by atoms with E-state index in [9.17, 15) is 4.79 Å². The van der Waals surface area contributed by atoms with Gasteiger partial charge in [-0.2, -0.15) is 5.10 Å². The van der Waals surface area contributed by atoms with E-state index in [1.54, 1.807) is 18.5 Å². The molecule has 1 fully saturated rings. The number of carbonyl (C=O) groups is 1. The van der Waals surface area contributed by atoms with E-state index >= 15 is 0 Å². The summed E-state index contributed by atoms with van der Waals surface area (Å²) in [5.74, 6) is 1.92. The lowest BCUT2D eigenvalue weighted by Gasteiger charge is -2.16. The third-order valence-electron chi connectivity index (χ3n) is 5.24. The Morgan fingerprint density at radius 1 is 1.40 bits per heavy atom. The van der Waals surface area contributed by atoms with E-state index in [0.717, 1.165) is 47.5 Å². The zero-order valence-electron chi connectivity index (χ0n) is 17.1. The molecule has 2 atom stereocenters. The largest absolute Gasteiger partial charge is 0.488 e. The van der Waals surface area contributed by atoms with Gasteiger partial charge in [0.1, 0.15) is 11.5 Å². The number of aromatic nitrogens is 4. The van der Waals surface area contributed by atoms with E-state index in [-0.39, 0.29) is 18.4 Å². The van der Waals surface area contributed by atoms with Crippen LogP contribution in [0.4, 0.5) is 5.82 Å². The number of ether oxygens (including phenoxy) is 1. The lowest BCUT2D eigenvalue weighted by molar-refractivity contribution is -0.115. The van der Waals surface area contributed by atoms with Crippen LogP contribution in [-0.4, -0.2) is 32.3 Å². The predicted octanol–water partition coefficient (Wildman–Crippen LogP) is 4.03. The van der Waals surface area contributed by atoms with Crippen LogP contribution in [-0.2, 0) is 11.2 Å². The van der Waals surface area contributed by atoms with Gasteiger partial charge >= 0.3 is 0 Å². The first kappa shape index (κ1) is 19.9. The van der Waals surface area contributed by atoms with Gasteiger partial charge in [-0.1, -0.05) is 11.7 Å². The van der Waals surface area contributed by atoms with E-state index in [1.165, 1.54) is 0 Å². The summed E-state index contributed by atoms with van der Waals surface area (Å²) < 4.78 is 11.3. The lowest BCUT2D eigenvalue weighted by Crippen LogP contribution is -2.14. The number of allylic oxidation sites excluding steroid dienone is 1. The second-order valence-electron chi connectivity index (χ2n) is 7.77. The van der Waals surface area contributed by atoms with Crippen LogP contribution in [0.15, 0.2) is 41.7 Å². The quantitative estimate of drug-likeness (QED) is 0.612. The Balaban J connectivity index is 1.33. The molecule has 3 aromatic heterocycles. The number of pyridine rings is 1. The highest BCUT2D eigenvalue weighted by Gasteiger charge is 2.29. The van der Waals surface area contributed by atoms with Gasteiger partial charge in [-0.25, -0.2) is 0 Å². The van der Waals surface area contributed by atoms with Gasteiger partial charge in [0.25, 0.3) is 0 Å². The molecule has 0 bridgehead atoms. The highest BCUT2D eigenvalue weighted by Crippen LogP contribution is 2.37. The van der Waals surface area contributed by atoms with Crippen molar-refractivity contribution in [1.29, 1.82) is 0 Å². The van der Waals surface area contributed by atoms with E-state index in [1.807, 2.05) is 26.0 Å². The Kier molecular flexibility index (Phi) is 5.65. The molecule has 0 aromatic carbocycles. The number of amides is 1. The third-order valence-corrected chi connectivity index (χ3v) is 5.24. The van der Waals surface area contributed by atoms with Gasteiger partial charge in [-0.3, -0.25) is 14.9 Å². The van der Waals surface area contributed by atoms with Crippen LogP contribution in [0.3, 0.4) is 0 Å². The zero-order valence-corrected chi connectivity index (χ0v) is 17.1. The fraction of sp³-hybridized carbons (Fsp3) is 0.364. The maximum absolute atomic E-state index is 12.2. The highest BCUT2D eigenvalue weighted by atomic mass is 16.5. The summed E-state index contributed by atoms with van der Waals surface area (Å²) in [7, 11) is 0. The normalized spacial score (nSPS) is 18.3. The van der Waals surface area contributed by atoms with Crippen LogP contribution in [0.1, 0.15) is 54.8 Å². The van der Waals surface area contributed by atoms with Crippen molar-refractivity contribution >= 4 is 17.3 Å². The fourth-order valence-corrected chi connectivity index (χ4v) is 3.79. The molecule has 2 N–H and O–H groups in total. The summed E-state index contributed by atoms with van der Waals surface area (Å²) in [6.07, 6.45) is 6.53. The summed E-state index contributed by atoms with van der Waals surface area (Å²) in [4.78, 5) is 16.4. The second kappa shape index (κ2) is 8.52. The Bertz CT molecular complexity index is 1050. The van der Waals surface area contributed by atoms with Crippen LogP contribution in [0, 0.1) is 6.92 Å². The number of aryl methyl sites for hydroxylation is 1. The average Bonchev–Trinajstić information content (AvgIpc) is 3.44. The monoisotopic (exact) mass is 407 g/mol. The minimum Gasteiger partial charge on any atom is -0.488 e. The van der Waals surface area contributed by atoms with Gasteiger partial charge in [0, 0.05) is 35.5 Å². The molecule has 3 heterocycles. The molecule has 0 aliphatic heterocycles. The summed E-state index contributed by atoms with van der Waals surface area (Å²) >= 11 is 0. The van der Waals surface area contributed by atoms with E-state index in [0.29, 0.717) is 17.5 Å². The molecule has 8 heteroatoms. The van der Waals surface area contributed by atoms with Gasteiger partial charge in [-0.05, 0) is 44.7 Å². The van der Waals surface area contributed by atoms with Crippen molar-refractivity contribution < 1.29 is 14.1 Å². The number of aromatic amines is 1. The fourth-order valence-electron chi connectivity index (χ4n) is 3.79. The Hall–Kier alpha value is -3.42. The predicted molar refractivity (Wildman–Crippen MR) is 112 cm³/mol. The molecule has 1 aliphatic carbocycles. The molecule has 8 nitrogen and oxygen atoms in total. The molecule has 0 spiro atoms. The first-order valence-electron chi connectivity index (χ1n) is 10.0. The Labute approximate surface area is 174 Å². The number of nitrogens with one attached hydrogen (secondary N) is 2. The van der Waals surface area contributed by atoms with Crippen molar-refractivity contribution in [2.24, 2.45) is 0 Å². The molecule has 1 amide bonds. The van der Waals surface area contributed by atoms with Crippen molar-refractivity contribution in [3.8, 4) is 5.75 Å². The molecule has 1 saturated carbocycles. The SMILES string of the molecule is C=C(C)c1ccncc1O[C@H]1CC[C@@H](c2cc(NC(=O)Cc3cc(C)no3)n[nH]2)C1. The number of carbonyl (C=O) groups excluding carboxylic acids is 1. The molecule has 0 saturated heterocycles. The Morgan fingerprint density at radius 2 is 2.27 bits per heavy atom. The van der Waals surface area contributed by atoms with Gasteiger partial charge < -0.3 is 14.6 Å². The highest BCUT2D eigenvalue weighted by molar-refractivity contribution is 5.91. The van der Waals surface area contributed by atoms with Crippen molar-refractivity contribution in [3.63, 3.8) is 0 Å². The number of anilines is 1. The summed E-state index contributed by atoms with van der Waals surface area (Å²) in [6, 6.07) is 5.56. The summed E-state index contributed by atoms with van der Waals surface area (Å²) in [5.41, 5.74) is 3.69. The number of H-pyrrole nitrogens is 1. The van der Waals surface area contributed by atoms with E-state index in [2.05, 4.69) is 32.2 Å². The number of hydrogen-bond donors (Lipinski definition) is 2. The number of hydrogen-bond acceptors (Lipinski definition) is 6. The van der Waals surface area contributed by atoms with Crippen molar-refractivity contribution in [2.45, 2.75) is 51.6 Å². The van der Waals surface area contributed by atoms with Crippen LogP contribution in [0.2, 0.25) is 0 Å². The smallest absolute Gasteiger partial charge is 0.233 e. The molecule has 0 radical (unpaired) electrons. The van der Waals surface area contributed by atoms with Crippen molar-refractivity contribution in [2.75, 3.05) is 5.32 Å². The molecular formula is C22H25N5O3. The summed E-state index contributed by atoms with van der Waals surface area (Å²) in [6.45, 7) is 7.79. The average molecular weight is 407 g/mol. The minimum absolute atomic E-state index is 0.105.